The number of carbonyl (C=O) groups excluding carboxylic acids is 2. The average molecular weight is 493 g/mol. The number of piperidine rings is 1. The molecule has 6 rings (SSSR count). The van der Waals surface area contributed by atoms with E-state index in [1.807, 2.05) is 28.3 Å². The van der Waals surface area contributed by atoms with Crippen molar-refractivity contribution in [3.63, 3.8) is 0 Å². The molecule has 35 heavy (non-hydrogen) atoms. The summed E-state index contributed by atoms with van der Waals surface area (Å²) in [5.74, 6) is 1.54. The van der Waals surface area contributed by atoms with Gasteiger partial charge in [-0.1, -0.05) is 35.9 Å². The Morgan fingerprint density at radius 2 is 1.77 bits per heavy atom. The lowest BCUT2D eigenvalue weighted by atomic mass is 9.78. The fraction of sp³-hybridized carbons (Fsp3) is 0.536. The second-order valence-corrected chi connectivity index (χ2v) is 11.2. The van der Waals surface area contributed by atoms with Gasteiger partial charge in [0, 0.05) is 79.0 Å². The summed E-state index contributed by atoms with van der Waals surface area (Å²) in [6.45, 7) is 2.76. The van der Waals surface area contributed by atoms with Gasteiger partial charge in [0.2, 0.25) is 11.8 Å². The highest BCUT2D eigenvalue weighted by Gasteiger charge is 2.43. The lowest BCUT2D eigenvalue weighted by Crippen LogP contribution is -2.58. The summed E-state index contributed by atoms with van der Waals surface area (Å²) >= 11 is 6.30. The van der Waals surface area contributed by atoms with Gasteiger partial charge in [0.05, 0.1) is 5.92 Å². The zero-order valence-electron chi connectivity index (χ0n) is 20.0. The van der Waals surface area contributed by atoms with Crippen molar-refractivity contribution in [2.24, 2.45) is 34.6 Å². The average Bonchev–Trinajstić information content (AvgIpc) is 3.69. The van der Waals surface area contributed by atoms with E-state index in [1.54, 1.807) is 0 Å². The molecule has 3 aliphatic carbocycles. The van der Waals surface area contributed by atoms with Crippen LogP contribution in [0.25, 0.3) is 0 Å². The number of nitrogens with zero attached hydrogens (tertiary/aromatic N) is 3. The third kappa shape index (κ3) is 4.77. The number of carbonyl (C=O) groups is 2. The Balaban J connectivity index is 1.06. The maximum atomic E-state index is 13.0. The maximum absolute atomic E-state index is 13.0. The summed E-state index contributed by atoms with van der Waals surface area (Å²) in [5, 5.41) is 4.63. The molecule has 3 fully saturated rings. The number of amides is 2. The topological polar surface area (TPSA) is 65.0 Å². The second-order valence-electron chi connectivity index (χ2n) is 10.8. The summed E-state index contributed by atoms with van der Waals surface area (Å²) < 4.78 is 0. The minimum absolute atomic E-state index is 0.00799. The molecule has 3 aliphatic heterocycles. The molecule has 3 atom stereocenters. The van der Waals surface area contributed by atoms with E-state index in [1.165, 1.54) is 11.3 Å². The number of hydrogen-bond acceptors (Lipinski definition) is 4. The van der Waals surface area contributed by atoms with Crippen LogP contribution in [0.1, 0.15) is 32.1 Å². The molecule has 0 aromatic carbocycles. The van der Waals surface area contributed by atoms with E-state index >= 15 is 0 Å². The first-order valence-electron chi connectivity index (χ1n) is 13.1. The number of fused-ring (bicyclic) bond motifs is 1. The van der Waals surface area contributed by atoms with E-state index in [0.717, 1.165) is 50.2 Å². The van der Waals surface area contributed by atoms with Gasteiger partial charge in [-0.15, -0.1) is 0 Å². The first-order valence-corrected chi connectivity index (χ1v) is 13.4. The zero-order valence-corrected chi connectivity index (χ0v) is 20.7. The molecule has 3 heterocycles. The highest BCUT2D eigenvalue weighted by atomic mass is 35.5. The third-order valence-corrected chi connectivity index (χ3v) is 8.48. The van der Waals surface area contributed by atoms with Crippen LogP contribution in [0, 0.1) is 29.6 Å². The van der Waals surface area contributed by atoms with Crippen LogP contribution in [0.5, 0.6) is 0 Å². The summed E-state index contributed by atoms with van der Waals surface area (Å²) in [7, 11) is 0. The Kier molecular flexibility index (Phi) is 6.17. The minimum atomic E-state index is -0.00799. The molecule has 2 saturated heterocycles. The molecule has 0 aromatic heterocycles. The van der Waals surface area contributed by atoms with Crippen LogP contribution >= 0.6 is 11.6 Å². The monoisotopic (exact) mass is 492 g/mol. The number of allylic oxidation sites excluding steroid dienone is 9. The molecule has 1 N–H and O–H groups in total. The van der Waals surface area contributed by atoms with Gasteiger partial charge >= 0.3 is 0 Å². The van der Waals surface area contributed by atoms with E-state index in [4.69, 9.17) is 11.6 Å². The molecule has 6 nitrogen and oxygen atoms in total. The van der Waals surface area contributed by atoms with Gasteiger partial charge in [-0.2, -0.15) is 0 Å². The first kappa shape index (κ1) is 22.8. The lowest BCUT2D eigenvalue weighted by Gasteiger charge is -2.43. The summed E-state index contributed by atoms with van der Waals surface area (Å²) in [4.78, 5) is 33.4. The van der Waals surface area contributed by atoms with Crippen LogP contribution in [0.2, 0.25) is 0 Å². The van der Waals surface area contributed by atoms with E-state index in [0.29, 0.717) is 31.0 Å². The second kappa shape index (κ2) is 9.45. The zero-order chi connectivity index (χ0) is 23.9. The summed E-state index contributed by atoms with van der Waals surface area (Å²) in [6.07, 6.45) is 21.9. The molecule has 0 aromatic rings. The van der Waals surface area contributed by atoms with Gasteiger partial charge < -0.3 is 15.1 Å². The maximum Gasteiger partial charge on any atom is 0.229 e. The molecule has 184 valence electrons. The van der Waals surface area contributed by atoms with Crippen molar-refractivity contribution in [2.45, 2.75) is 38.1 Å². The predicted molar refractivity (Wildman–Crippen MR) is 137 cm³/mol. The van der Waals surface area contributed by atoms with Gasteiger partial charge in [-0.25, -0.2) is 0 Å². The van der Waals surface area contributed by atoms with Crippen molar-refractivity contribution in [3.05, 3.63) is 59.0 Å². The molecule has 7 heteroatoms. The Labute approximate surface area is 212 Å². The molecule has 0 bridgehead atoms. The van der Waals surface area contributed by atoms with Gasteiger partial charge in [-0.05, 0) is 49.8 Å². The number of aliphatic imine (C=N–C) groups is 1. The predicted octanol–water partition coefficient (Wildman–Crippen LogP) is 3.79. The molecular formula is C28H33ClN4O2. The van der Waals surface area contributed by atoms with Crippen LogP contribution in [0.15, 0.2) is 64.0 Å². The van der Waals surface area contributed by atoms with Crippen molar-refractivity contribution in [3.8, 4) is 0 Å². The number of likely N-dealkylation sites (tertiary alicyclic amines) is 2. The SMILES string of the molecule is O=C(C1CN(C(=O)C2CC2)C1)N1CCC(NC2=CC(C3C=C(Cl)C=CC3)=CC3C=CN=CC23)CC1. The van der Waals surface area contributed by atoms with Crippen LogP contribution in [0.3, 0.4) is 0 Å². The van der Waals surface area contributed by atoms with Crippen molar-refractivity contribution < 1.29 is 9.59 Å². The van der Waals surface area contributed by atoms with Crippen LogP contribution in [-0.4, -0.2) is 60.0 Å². The van der Waals surface area contributed by atoms with E-state index in [2.05, 4.69) is 40.7 Å². The van der Waals surface area contributed by atoms with Crippen molar-refractivity contribution in [2.75, 3.05) is 26.2 Å². The Hall–Kier alpha value is -2.60. The van der Waals surface area contributed by atoms with Gasteiger partial charge in [0.15, 0.2) is 0 Å². The third-order valence-electron chi connectivity index (χ3n) is 8.22. The number of hydrogen-bond donors (Lipinski definition) is 1. The molecule has 2 amide bonds. The minimum Gasteiger partial charge on any atom is -0.385 e. The number of rotatable bonds is 5. The van der Waals surface area contributed by atoms with Gasteiger partial charge in [0.1, 0.15) is 0 Å². The van der Waals surface area contributed by atoms with Crippen molar-refractivity contribution >= 4 is 29.6 Å². The molecular weight excluding hydrogens is 460 g/mol. The van der Waals surface area contributed by atoms with Crippen LogP contribution < -0.4 is 5.32 Å². The summed E-state index contributed by atoms with van der Waals surface area (Å²) in [6, 6.07) is 0.337. The van der Waals surface area contributed by atoms with Crippen molar-refractivity contribution in [1.82, 2.24) is 15.1 Å². The highest BCUT2D eigenvalue weighted by Crippen LogP contribution is 2.37. The van der Waals surface area contributed by atoms with Gasteiger partial charge in [0.25, 0.3) is 0 Å². The standard InChI is InChI=1S/C28H33ClN4O2/c29-23-3-1-2-19(13-23)21-12-20-6-9-30-15-25(20)26(14-21)31-24-7-10-32(11-8-24)28(35)22-16-33(17-22)27(34)18-4-5-18/h1,3,6,9,12-15,18-20,22,24-25,31H,2,4-5,7-8,10-11,16-17H2. The lowest BCUT2D eigenvalue weighted by molar-refractivity contribution is -0.149. The Bertz CT molecular complexity index is 1070. The Morgan fingerprint density at radius 3 is 2.51 bits per heavy atom. The quantitative estimate of drug-likeness (QED) is 0.635. The van der Waals surface area contributed by atoms with Gasteiger partial charge in [-0.3, -0.25) is 14.6 Å². The van der Waals surface area contributed by atoms with E-state index < -0.39 is 0 Å². The molecule has 6 aliphatic rings. The van der Waals surface area contributed by atoms with Crippen LogP contribution in [0.4, 0.5) is 0 Å². The largest absolute Gasteiger partial charge is 0.385 e. The molecule has 0 radical (unpaired) electrons. The molecule has 3 unspecified atom stereocenters. The normalized spacial score (nSPS) is 30.8. The highest BCUT2D eigenvalue weighted by molar-refractivity contribution is 6.31. The van der Waals surface area contributed by atoms with E-state index in [9.17, 15) is 9.59 Å². The van der Waals surface area contributed by atoms with Crippen molar-refractivity contribution in [1.29, 1.82) is 0 Å². The Morgan fingerprint density at radius 1 is 1.00 bits per heavy atom. The van der Waals surface area contributed by atoms with Crippen LogP contribution in [-0.2, 0) is 9.59 Å². The smallest absolute Gasteiger partial charge is 0.229 e. The number of nitrogens with one attached hydrogen (secondary N) is 1. The first-order chi connectivity index (χ1) is 17.0. The molecule has 0 spiro atoms. The fourth-order valence-electron chi connectivity index (χ4n) is 5.89. The molecule has 1 saturated carbocycles. The summed E-state index contributed by atoms with van der Waals surface area (Å²) in [5.41, 5.74) is 2.52. The van der Waals surface area contributed by atoms with E-state index in [-0.39, 0.29) is 29.6 Å². The number of halogens is 1. The fourth-order valence-corrected chi connectivity index (χ4v) is 6.13.